The number of aliphatic carboxylic acids is 1. The number of imidazole rings is 1. The van der Waals surface area contributed by atoms with Crippen LogP contribution in [-0.2, 0) is 22.6 Å². The van der Waals surface area contributed by atoms with Crippen LogP contribution in [0.25, 0.3) is 21.9 Å². The highest BCUT2D eigenvalue weighted by Gasteiger charge is 2.16. The standard InChI is InChI=1S/C21H30N8O.C5H11N3O2.B/c1-2-16-28-18-19(14-8-3-4-9-15(14)27-20(18)22)29(16)13-6-5-11-25-17(30)10-7-12-26-21(23)24;6-5(7)8-3-1-2-4(9)10;/h3-4,8-9H,2,5-7,10-13H2,1H3,(H2,22,27)(H,25,30)(H4,23,24,26);1-3H2,(H,9,10)(H4,6,7,8);. The molecule has 14 nitrogen and oxygen atoms in total. The summed E-state index contributed by atoms with van der Waals surface area (Å²) in [6.07, 6.45) is 4.25. The summed E-state index contributed by atoms with van der Waals surface area (Å²) in [6.45, 7) is 4.39. The molecule has 1 amide bonds. The fourth-order valence-electron chi connectivity index (χ4n) is 4.01. The molecule has 3 rings (SSSR count). The van der Waals surface area contributed by atoms with Crippen LogP contribution in [0.4, 0.5) is 5.82 Å². The second-order valence-corrected chi connectivity index (χ2v) is 9.02. The second-order valence-electron chi connectivity index (χ2n) is 9.02. The number of nitrogen functional groups attached to an aromatic ring is 1. The Kier molecular flexibility index (Phi) is 15.1. The Morgan fingerprint density at radius 2 is 1.59 bits per heavy atom. The molecule has 0 saturated heterocycles. The van der Waals surface area contributed by atoms with E-state index in [0.29, 0.717) is 44.7 Å². The van der Waals surface area contributed by atoms with Crippen LogP contribution in [0.2, 0.25) is 0 Å². The average molecular weight is 567 g/mol. The number of fused-ring (bicyclic) bond motifs is 3. The third-order valence-electron chi connectivity index (χ3n) is 5.84. The molecule has 41 heavy (non-hydrogen) atoms. The van der Waals surface area contributed by atoms with Crippen molar-refractivity contribution in [3.8, 4) is 0 Å². The fourth-order valence-corrected chi connectivity index (χ4v) is 4.01. The fraction of sp³-hybridized carbons (Fsp3) is 0.462. The molecule has 12 N–H and O–H groups in total. The van der Waals surface area contributed by atoms with Crippen molar-refractivity contribution in [2.75, 3.05) is 25.4 Å². The minimum Gasteiger partial charge on any atom is -0.481 e. The summed E-state index contributed by atoms with van der Waals surface area (Å²) in [5, 5.41) is 12.2. The minimum atomic E-state index is -0.828. The Morgan fingerprint density at radius 1 is 0.951 bits per heavy atom. The number of amides is 1. The maximum atomic E-state index is 11.9. The molecular formula is C26H41BN11O3. The summed E-state index contributed by atoms with van der Waals surface area (Å²) in [5.74, 6) is 0.715. The Labute approximate surface area is 241 Å². The molecule has 2 heterocycles. The summed E-state index contributed by atoms with van der Waals surface area (Å²) in [4.78, 5) is 38.5. The van der Waals surface area contributed by atoms with Crippen LogP contribution < -0.4 is 34.0 Å². The minimum absolute atomic E-state index is 0. The van der Waals surface area contributed by atoms with Crippen molar-refractivity contribution in [2.24, 2.45) is 32.9 Å². The van der Waals surface area contributed by atoms with Gasteiger partial charge in [-0.3, -0.25) is 19.6 Å². The molecule has 0 aliphatic rings. The third-order valence-corrected chi connectivity index (χ3v) is 5.84. The van der Waals surface area contributed by atoms with E-state index in [1.54, 1.807) is 0 Å². The normalized spacial score (nSPS) is 10.3. The van der Waals surface area contributed by atoms with E-state index in [-0.39, 0.29) is 32.7 Å². The van der Waals surface area contributed by atoms with E-state index in [1.165, 1.54) is 0 Å². The zero-order valence-corrected chi connectivity index (χ0v) is 23.6. The number of carboxylic acid groups (broad SMARTS) is 1. The zero-order chi connectivity index (χ0) is 29.5. The predicted octanol–water partition coefficient (Wildman–Crippen LogP) is 0.423. The van der Waals surface area contributed by atoms with Gasteiger partial charge in [0.2, 0.25) is 5.91 Å². The van der Waals surface area contributed by atoms with Gasteiger partial charge in [0.25, 0.3) is 0 Å². The number of rotatable bonds is 14. The van der Waals surface area contributed by atoms with Crippen molar-refractivity contribution in [1.29, 1.82) is 0 Å². The van der Waals surface area contributed by atoms with E-state index in [2.05, 4.69) is 37.8 Å². The van der Waals surface area contributed by atoms with Gasteiger partial charge in [-0.2, -0.15) is 0 Å². The average Bonchev–Trinajstić information content (AvgIpc) is 3.28. The van der Waals surface area contributed by atoms with Gasteiger partial charge in [-0.15, -0.1) is 0 Å². The van der Waals surface area contributed by atoms with Gasteiger partial charge < -0.3 is 43.7 Å². The number of anilines is 1. The van der Waals surface area contributed by atoms with Gasteiger partial charge in [0, 0.05) is 59.2 Å². The molecule has 2 aromatic heterocycles. The summed E-state index contributed by atoms with van der Waals surface area (Å²) in [7, 11) is 0. The lowest BCUT2D eigenvalue weighted by Crippen LogP contribution is -2.25. The highest BCUT2D eigenvalue weighted by Crippen LogP contribution is 2.29. The second kappa shape index (κ2) is 17.9. The Morgan fingerprint density at radius 3 is 2.20 bits per heavy atom. The molecule has 3 radical (unpaired) electrons. The lowest BCUT2D eigenvalue weighted by atomic mass is 10.2. The van der Waals surface area contributed by atoms with E-state index in [0.717, 1.165) is 53.6 Å². The summed E-state index contributed by atoms with van der Waals surface area (Å²) >= 11 is 0. The lowest BCUT2D eigenvalue weighted by molar-refractivity contribution is -0.137. The first-order chi connectivity index (χ1) is 19.1. The van der Waals surface area contributed by atoms with Crippen molar-refractivity contribution in [3.63, 3.8) is 0 Å². The molecule has 0 saturated carbocycles. The molecule has 0 spiro atoms. The van der Waals surface area contributed by atoms with Crippen molar-refractivity contribution < 1.29 is 14.7 Å². The van der Waals surface area contributed by atoms with E-state index in [9.17, 15) is 9.59 Å². The first-order valence-corrected chi connectivity index (χ1v) is 13.3. The number of hydrogen-bond donors (Lipinski definition) is 7. The highest BCUT2D eigenvalue weighted by atomic mass is 16.4. The lowest BCUT2D eigenvalue weighted by Gasteiger charge is -2.10. The van der Waals surface area contributed by atoms with Crippen molar-refractivity contribution >= 4 is 60.0 Å². The molecule has 0 bridgehead atoms. The number of carbonyl (C=O) groups excluding carboxylic acids is 1. The first-order valence-electron chi connectivity index (χ1n) is 13.3. The van der Waals surface area contributed by atoms with Crippen LogP contribution in [0.15, 0.2) is 34.3 Å². The maximum absolute atomic E-state index is 11.9. The molecule has 0 atom stereocenters. The predicted molar refractivity (Wildman–Crippen MR) is 164 cm³/mol. The number of carboxylic acids is 1. The molecular weight excluding hydrogens is 525 g/mol. The largest absolute Gasteiger partial charge is 0.481 e. The molecule has 15 heteroatoms. The number of hydrogen-bond acceptors (Lipinski definition) is 7. The van der Waals surface area contributed by atoms with E-state index >= 15 is 0 Å². The number of unbranched alkanes of at least 4 members (excludes halogenated alkanes) is 1. The van der Waals surface area contributed by atoms with Crippen LogP contribution in [0.3, 0.4) is 0 Å². The van der Waals surface area contributed by atoms with Crippen molar-refractivity contribution in [2.45, 2.75) is 58.4 Å². The molecule has 1 aromatic carbocycles. The Balaban J connectivity index is 0.000000656. The van der Waals surface area contributed by atoms with Crippen molar-refractivity contribution in [1.82, 2.24) is 19.9 Å². The number of nitrogens with two attached hydrogens (primary N) is 5. The van der Waals surface area contributed by atoms with Gasteiger partial charge >= 0.3 is 5.97 Å². The maximum Gasteiger partial charge on any atom is 0.303 e. The van der Waals surface area contributed by atoms with Gasteiger partial charge in [-0.05, 0) is 31.7 Å². The topological polar surface area (TPSA) is 252 Å². The van der Waals surface area contributed by atoms with Gasteiger partial charge in [-0.1, -0.05) is 25.1 Å². The smallest absolute Gasteiger partial charge is 0.303 e. The Bertz CT molecular complexity index is 1330. The third kappa shape index (κ3) is 11.6. The van der Waals surface area contributed by atoms with E-state index in [1.807, 2.05) is 18.2 Å². The number of nitrogens with one attached hydrogen (secondary N) is 1. The van der Waals surface area contributed by atoms with Crippen LogP contribution in [0, 0.1) is 0 Å². The van der Waals surface area contributed by atoms with Crippen LogP contribution in [0.5, 0.6) is 0 Å². The molecule has 221 valence electrons. The number of guanidine groups is 2. The monoisotopic (exact) mass is 566 g/mol. The quantitative estimate of drug-likeness (QED) is 0.0612. The van der Waals surface area contributed by atoms with Crippen LogP contribution in [0.1, 0.15) is 51.3 Å². The summed E-state index contributed by atoms with van der Waals surface area (Å²) in [5.41, 5.74) is 29.4. The Hall–Kier alpha value is -4.56. The summed E-state index contributed by atoms with van der Waals surface area (Å²) in [6, 6.07) is 7.99. The van der Waals surface area contributed by atoms with Gasteiger partial charge in [0.1, 0.15) is 11.3 Å². The van der Waals surface area contributed by atoms with Crippen LogP contribution >= 0.6 is 0 Å². The number of aromatic nitrogens is 3. The number of aryl methyl sites for hydroxylation is 2. The first kappa shape index (κ1) is 34.5. The molecule has 0 aliphatic heterocycles. The van der Waals surface area contributed by atoms with Gasteiger partial charge in [0.05, 0.1) is 11.0 Å². The number of benzene rings is 1. The van der Waals surface area contributed by atoms with E-state index in [4.69, 9.17) is 38.8 Å². The molecule has 0 fully saturated rings. The number of aliphatic imine (C=N–C) groups is 2. The number of para-hydroxylation sites is 1. The van der Waals surface area contributed by atoms with Crippen molar-refractivity contribution in [3.05, 3.63) is 30.1 Å². The molecule has 3 aromatic rings. The SMILES string of the molecule is CCc1nc2c(N)nc3ccccc3c2n1CCCCNC(=O)CCCN=C(N)N.NC(N)=NCCCC(=O)O.[B]. The number of nitrogens with zero attached hydrogens (tertiary/aromatic N) is 5. The van der Waals surface area contributed by atoms with E-state index < -0.39 is 5.97 Å². The molecule has 0 unspecified atom stereocenters. The zero-order valence-electron chi connectivity index (χ0n) is 23.6. The van der Waals surface area contributed by atoms with Gasteiger partial charge in [0.15, 0.2) is 17.7 Å². The highest BCUT2D eigenvalue weighted by molar-refractivity contribution is 6.06. The summed E-state index contributed by atoms with van der Waals surface area (Å²) < 4.78 is 2.24. The van der Waals surface area contributed by atoms with Crippen LogP contribution in [-0.4, -0.2) is 71.5 Å². The number of carbonyl (C=O) groups is 2. The van der Waals surface area contributed by atoms with Gasteiger partial charge in [-0.25, -0.2) is 9.97 Å². The number of pyridine rings is 1. The molecule has 0 aliphatic carbocycles.